The highest BCUT2D eigenvalue weighted by molar-refractivity contribution is 5.87. The summed E-state index contributed by atoms with van der Waals surface area (Å²) in [6, 6.07) is 0. The molecule has 2 heteroatoms. The van der Waals surface area contributed by atoms with Gasteiger partial charge in [-0.05, 0) is 56.3 Å². The first-order valence-electron chi connectivity index (χ1n) is 8.18. The molecule has 4 atom stereocenters. The zero-order valence-electron chi connectivity index (χ0n) is 14.2. The van der Waals surface area contributed by atoms with E-state index in [0.29, 0.717) is 23.3 Å². The number of ether oxygens (including phenoxy) is 1. The Hall–Kier alpha value is -0.790. The Balaban J connectivity index is 3.21. The molecule has 0 aliphatic heterocycles. The molecule has 0 N–H and O–H groups in total. The van der Waals surface area contributed by atoms with Gasteiger partial charge in [0.05, 0.1) is 0 Å². The highest BCUT2D eigenvalue weighted by Gasteiger charge is 2.52. The van der Waals surface area contributed by atoms with Crippen molar-refractivity contribution in [1.82, 2.24) is 0 Å². The fourth-order valence-electron chi connectivity index (χ4n) is 4.22. The molecule has 116 valence electrons. The maximum absolute atomic E-state index is 12.2. The first-order chi connectivity index (χ1) is 9.29. The lowest BCUT2D eigenvalue weighted by Crippen LogP contribution is -2.56. The van der Waals surface area contributed by atoms with Crippen molar-refractivity contribution in [2.24, 2.45) is 23.7 Å². The first-order valence-corrected chi connectivity index (χ1v) is 8.18. The van der Waals surface area contributed by atoms with Gasteiger partial charge in [0.2, 0.25) is 0 Å². The second-order valence-electron chi connectivity index (χ2n) is 6.97. The fraction of sp³-hybridized carbons (Fsp3) is 0.833. The molecule has 2 nitrogen and oxygen atoms in total. The highest BCUT2D eigenvalue weighted by atomic mass is 16.6. The standard InChI is InChI=1S/C18H32O2/c1-8-15-10-14(7)11-16(9-2)18(15,13(5)6)20-17(19)12(3)4/h13-16H,3,8-11H2,1-2,4-7H3/t14?,15-,16?,18?/m0/s1. The van der Waals surface area contributed by atoms with E-state index in [1.165, 1.54) is 0 Å². The molecule has 0 aromatic carbocycles. The number of hydrogen-bond acceptors (Lipinski definition) is 2. The molecule has 3 unspecified atom stereocenters. The third-order valence-corrected chi connectivity index (χ3v) is 5.16. The van der Waals surface area contributed by atoms with Crippen LogP contribution in [0, 0.1) is 23.7 Å². The van der Waals surface area contributed by atoms with Gasteiger partial charge in [-0.2, -0.15) is 0 Å². The van der Waals surface area contributed by atoms with Crippen LogP contribution in [0.3, 0.4) is 0 Å². The summed E-state index contributed by atoms with van der Waals surface area (Å²) in [7, 11) is 0. The Bertz CT molecular complexity index is 342. The maximum atomic E-state index is 12.2. The monoisotopic (exact) mass is 280 g/mol. The Labute approximate surface area is 125 Å². The summed E-state index contributed by atoms with van der Waals surface area (Å²) in [5.74, 6) is 1.76. The lowest BCUT2D eigenvalue weighted by atomic mass is 9.59. The molecule has 0 saturated heterocycles. The zero-order chi connectivity index (χ0) is 15.5. The largest absolute Gasteiger partial charge is 0.455 e. The van der Waals surface area contributed by atoms with Crippen LogP contribution < -0.4 is 0 Å². The van der Waals surface area contributed by atoms with E-state index >= 15 is 0 Å². The smallest absolute Gasteiger partial charge is 0.333 e. The molecule has 0 aromatic rings. The topological polar surface area (TPSA) is 26.3 Å². The summed E-state index contributed by atoms with van der Waals surface area (Å²) in [6.45, 7) is 16.7. The number of esters is 1. The lowest BCUT2D eigenvalue weighted by Gasteiger charge is -2.53. The quantitative estimate of drug-likeness (QED) is 0.524. The molecule has 0 bridgehead atoms. The number of rotatable bonds is 5. The number of carbonyl (C=O) groups is 1. The minimum atomic E-state index is -0.313. The van der Waals surface area contributed by atoms with Crippen LogP contribution in [0.2, 0.25) is 0 Å². The molecule has 1 rings (SSSR count). The van der Waals surface area contributed by atoms with Crippen molar-refractivity contribution >= 4 is 5.97 Å². The average Bonchev–Trinajstić information content (AvgIpc) is 2.39. The minimum absolute atomic E-state index is 0.217. The van der Waals surface area contributed by atoms with Crippen LogP contribution in [0.25, 0.3) is 0 Å². The van der Waals surface area contributed by atoms with Crippen molar-refractivity contribution in [3.8, 4) is 0 Å². The molecule has 0 spiro atoms. The molecule has 0 amide bonds. The van der Waals surface area contributed by atoms with E-state index in [4.69, 9.17) is 4.74 Å². The summed E-state index contributed by atoms with van der Waals surface area (Å²) in [5.41, 5.74) is 0.194. The van der Waals surface area contributed by atoms with Gasteiger partial charge in [-0.15, -0.1) is 0 Å². The maximum Gasteiger partial charge on any atom is 0.333 e. The molecule has 1 saturated carbocycles. The average molecular weight is 280 g/mol. The Morgan fingerprint density at radius 2 is 1.70 bits per heavy atom. The summed E-state index contributed by atoms with van der Waals surface area (Å²) in [4.78, 5) is 12.2. The molecule has 0 heterocycles. The molecule has 1 aliphatic rings. The first kappa shape index (κ1) is 17.3. The summed E-state index contributed by atoms with van der Waals surface area (Å²) in [6.07, 6.45) is 4.47. The van der Waals surface area contributed by atoms with E-state index in [2.05, 4.69) is 41.2 Å². The normalized spacial score (nSPS) is 34.0. The van der Waals surface area contributed by atoms with Crippen molar-refractivity contribution in [2.45, 2.75) is 72.8 Å². The van der Waals surface area contributed by atoms with Gasteiger partial charge >= 0.3 is 5.97 Å². The zero-order valence-corrected chi connectivity index (χ0v) is 14.2. The Morgan fingerprint density at radius 3 is 2.00 bits per heavy atom. The molecule has 1 fully saturated rings. The minimum Gasteiger partial charge on any atom is -0.455 e. The predicted molar refractivity (Wildman–Crippen MR) is 84.4 cm³/mol. The van der Waals surface area contributed by atoms with Gasteiger partial charge in [0.25, 0.3) is 0 Å². The molecule has 0 aromatic heterocycles. The molecule has 20 heavy (non-hydrogen) atoms. The van der Waals surface area contributed by atoms with Gasteiger partial charge in [0.1, 0.15) is 5.60 Å². The number of carbonyl (C=O) groups excluding carboxylic acids is 1. The number of hydrogen-bond donors (Lipinski definition) is 0. The SMILES string of the molecule is C=C(C)C(=O)OC1(C(C)C)C(CC)CC(C)C[C@@H]1CC. The summed E-state index contributed by atoms with van der Waals surface area (Å²) >= 11 is 0. The van der Waals surface area contributed by atoms with Crippen LogP contribution in [-0.4, -0.2) is 11.6 Å². The van der Waals surface area contributed by atoms with Gasteiger partial charge in [0.15, 0.2) is 0 Å². The van der Waals surface area contributed by atoms with Crippen LogP contribution >= 0.6 is 0 Å². The van der Waals surface area contributed by atoms with Crippen molar-refractivity contribution in [1.29, 1.82) is 0 Å². The van der Waals surface area contributed by atoms with E-state index in [-0.39, 0.29) is 11.6 Å². The Morgan fingerprint density at radius 1 is 1.25 bits per heavy atom. The molecular formula is C18H32O2. The van der Waals surface area contributed by atoms with E-state index in [9.17, 15) is 4.79 Å². The summed E-state index contributed by atoms with van der Waals surface area (Å²) < 4.78 is 6.12. The second kappa shape index (κ2) is 6.78. The predicted octanol–water partition coefficient (Wildman–Crippen LogP) is 4.98. The van der Waals surface area contributed by atoms with Crippen molar-refractivity contribution in [3.63, 3.8) is 0 Å². The van der Waals surface area contributed by atoms with Gasteiger partial charge in [-0.25, -0.2) is 4.79 Å². The van der Waals surface area contributed by atoms with Crippen LogP contribution in [0.1, 0.15) is 67.2 Å². The van der Waals surface area contributed by atoms with E-state index in [1.54, 1.807) is 6.92 Å². The van der Waals surface area contributed by atoms with Crippen molar-refractivity contribution in [2.75, 3.05) is 0 Å². The molecule has 0 radical (unpaired) electrons. The van der Waals surface area contributed by atoms with Crippen LogP contribution in [0.5, 0.6) is 0 Å². The Kier molecular flexibility index (Phi) is 5.85. The van der Waals surface area contributed by atoms with E-state index in [0.717, 1.165) is 31.6 Å². The molecule has 1 aliphatic carbocycles. The second-order valence-corrected chi connectivity index (χ2v) is 6.97. The van der Waals surface area contributed by atoms with Crippen LogP contribution in [0.15, 0.2) is 12.2 Å². The van der Waals surface area contributed by atoms with Crippen LogP contribution in [0.4, 0.5) is 0 Å². The third kappa shape index (κ3) is 3.10. The van der Waals surface area contributed by atoms with Crippen molar-refractivity contribution < 1.29 is 9.53 Å². The highest BCUT2D eigenvalue weighted by Crippen LogP contribution is 2.50. The van der Waals surface area contributed by atoms with E-state index in [1.807, 2.05) is 0 Å². The van der Waals surface area contributed by atoms with Gasteiger partial charge < -0.3 is 4.74 Å². The van der Waals surface area contributed by atoms with Gasteiger partial charge in [-0.1, -0.05) is 41.2 Å². The van der Waals surface area contributed by atoms with E-state index < -0.39 is 0 Å². The molecular weight excluding hydrogens is 248 g/mol. The summed E-state index contributed by atoms with van der Waals surface area (Å²) in [5, 5.41) is 0. The van der Waals surface area contributed by atoms with Crippen molar-refractivity contribution in [3.05, 3.63) is 12.2 Å². The van der Waals surface area contributed by atoms with Crippen LogP contribution in [-0.2, 0) is 9.53 Å². The van der Waals surface area contributed by atoms with Gasteiger partial charge in [-0.3, -0.25) is 0 Å². The fourth-order valence-corrected chi connectivity index (χ4v) is 4.22. The third-order valence-electron chi connectivity index (χ3n) is 5.16. The van der Waals surface area contributed by atoms with Gasteiger partial charge in [0, 0.05) is 5.57 Å². The lowest BCUT2D eigenvalue weighted by molar-refractivity contribution is -0.193.